The molecule has 0 saturated heterocycles. The molecule has 0 radical (unpaired) electrons. The van der Waals surface area contributed by atoms with Crippen molar-refractivity contribution in [2.75, 3.05) is 13.2 Å². The highest BCUT2D eigenvalue weighted by molar-refractivity contribution is 5.81. The van der Waals surface area contributed by atoms with E-state index in [-0.39, 0.29) is 5.97 Å². The quantitative estimate of drug-likeness (QED) is 0.558. The van der Waals surface area contributed by atoms with E-state index >= 15 is 0 Å². The fraction of sp³-hybridized carbons (Fsp3) is 0.769. The van der Waals surface area contributed by atoms with Gasteiger partial charge in [-0.1, -0.05) is 32.3 Å². The second-order valence-corrected chi connectivity index (χ2v) is 4.56. The molecule has 1 aliphatic carbocycles. The lowest BCUT2D eigenvalue weighted by atomic mass is 9.79. The summed E-state index contributed by atoms with van der Waals surface area (Å²) in [7, 11) is 0. The maximum atomic E-state index is 10.8. The number of aliphatic hydroxyl groups is 1. The van der Waals surface area contributed by atoms with Crippen LogP contribution in [0.1, 0.15) is 38.5 Å². The van der Waals surface area contributed by atoms with Crippen LogP contribution in [0.4, 0.5) is 0 Å². The van der Waals surface area contributed by atoms with Crippen molar-refractivity contribution in [1.82, 2.24) is 0 Å². The van der Waals surface area contributed by atoms with Crippen molar-refractivity contribution < 1.29 is 14.6 Å². The molecule has 0 bridgehead atoms. The molecule has 0 spiro atoms. The van der Waals surface area contributed by atoms with Crippen LogP contribution < -0.4 is 0 Å². The fourth-order valence-electron chi connectivity index (χ4n) is 2.38. The Morgan fingerprint density at radius 1 is 1.25 bits per heavy atom. The molecule has 16 heavy (non-hydrogen) atoms. The Morgan fingerprint density at radius 3 is 2.31 bits per heavy atom. The Bertz CT molecular complexity index is 217. The van der Waals surface area contributed by atoms with Gasteiger partial charge in [-0.25, -0.2) is 4.79 Å². The summed E-state index contributed by atoms with van der Waals surface area (Å²) in [5.41, 5.74) is 0. The highest BCUT2D eigenvalue weighted by Crippen LogP contribution is 2.32. The molecule has 92 valence electrons. The molecule has 1 N–H and O–H groups in total. The van der Waals surface area contributed by atoms with E-state index in [1.165, 1.54) is 31.8 Å². The van der Waals surface area contributed by atoms with Crippen LogP contribution in [-0.4, -0.2) is 24.3 Å². The third-order valence-corrected chi connectivity index (χ3v) is 3.44. The largest absolute Gasteiger partial charge is 0.463 e. The maximum Gasteiger partial charge on any atom is 0.330 e. The fourth-order valence-corrected chi connectivity index (χ4v) is 2.38. The van der Waals surface area contributed by atoms with Gasteiger partial charge in [0.2, 0.25) is 0 Å². The molecule has 0 aromatic rings. The molecule has 0 aromatic heterocycles. The second-order valence-electron chi connectivity index (χ2n) is 4.56. The van der Waals surface area contributed by atoms with E-state index in [2.05, 4.69) is 6.58 Å². The number of aliphatic hydroxyl groups excluding tert-OH is 1. The van der Waals surface area contributed by atoms with Gasteiger partial charge in [-0.15, -0.1) is 0 Å². The Morgan fingerprint density at radius 2 is 1.81 bits per heavy atom. The van der Waals surface area contributed by atoms with Gasteiger partial charge in [0.05, 0.1) is 6.61 Å². The first-order valence-electron chi connectivity index (χ1n) is 6.16. The normalized spacial score (nSPS) is 25.1. The third-order valence-electron chi connectivity index (χ3n) is 3.44. The molecule has 0 aliphatic heterocycles. The van der Waals surface area contributed by atoms with Crippen LogP contribution in [-0.2, 0) is 9.53 Å². The number of carbonyl (C=O) groups is 1. The molecule has 0 amide bonds. The monoisotopic (exact) mass is 226 g/mol. The van der Waals surface area contributed by atoms with Crippen molar-refractivity contribution in [3.63, 3.8) is 0 Å². The minimum absolute atomic E-state index is 0.312. The molecule has 3 nitrogen and oxygen atoms in total. The van der Waals surface area contributed by atoms with Crippen molar-refractivity contribution in [3.8, 4) is 0 Å². The van der Waals surface area contributed by atoms with E-state index in [9.17, 15) is 4.79 Å². The number of hydrogen-bond acceptors (Lipinski definition) is 3. The Balaban J connectivity index is 2.08. The highest BCUT2D eigenvalue weighted by Gasteiger charge is 2.20. The molecule has 3 heteroatoms. The molecule has 0 aromatic carbocycles. The zero-order chi connectivity index (χ0) is 11.8. The lowest BCUT2D eigenvalue weighted by Crippen LogP contribution is -2.17. The van der Waals surface area contributed by atoms with E-state index in [1.54, 1.807) is 0 Å². The van der Waals surface area contributed by atoms with Crippen molar-refractivity contribution in [3.05, 3.63) is 12.7 Å². The predicted molar refractivity (Wildman–Crippen MR) is 62.9 cm³/mol. The number of ether oxygens (including phenoxy) is 1. The van der Waals surface area contributed by atoms with Gasteiger partial charge in [0.25, 0.3) is 0 Å². The summed E-state index contributed by atoms with van der Waals surface area (Å²) in [5.74, 6) is 1.07. The first-order valence-corrected chi connectivity index (χ1v) is 6.16. The predicted octanol–water partition coefficient (Wildman–Crippen LogP) is 2.29. The highest BCUT2D eigenvalue weighted by atomic mass is 16.5. The van der Waals surface area contributed by atoms with Gasteiger partial charge in [-0.2, -0.15) is 0 Å². The van der Waals surface area contributed by atoms with Crippen LogP contribution >= 0.6 is 0 Å². The Hall–Kier alpha value is -0.830. The van der Waals surface area contributed by atoms with E-state index in [4.69, 9.17) is 9.84 Å². The van der Waals surface area contributed by atoms with Crippen LogP contribution in [0, 0.1) is 11.8 Å². The van der Waals surface area contributed by atoms with Gasteiger partial charge in [0.15, 0.2) is 0 Å². The summed E-state index contributed by atoms with van der Waals surface area (Å²) in [6.45, 7) is 4.18. The molecule has 0 unspecified atom stereocenters. The average molecular weight is 226 g/mol. The summed E-state index contributed by atoms with van der Waals surface area (Å²) in [4.78, 5) is 10.8. The average Bonchev–Trinajstić information content (AvgIpc) is 2.31. The zero-order valence-electron chi connectivity index (χ0n) is 9.86. The molecule has 1 aliphatic rings. The van der Waals surface area contributed by atoms with E-state index in [0.717, 1.165) is 12.8 Å². The molecular weight excluding hydrogens is 204 g/mol. The van der Waals surface area contributed by atoms with Gasteiger partial charge in [0, 0.05) is 12.7 Å². The van der Waals surface area contributed by atoms with Crippen molar-refractivity contribution in [1.29, 1.82) is 0 Å². The van der Waals surface area contributed by atoms with Crippen molar-refractivity contribution >= 4 is 5.97 Å². The van der Waals surface area contributed by atoms with Crippen LogP contribution in [0.15, 0.2) is 12.7 Å². The lowest BCUT2D eigenvalue weighted by molar-refractivity contribution is -0.138. The standard InChI is InChI=1S/C13H22O3/c1-2-13(15)16-10-8-12-5-3-11(4-6-12)7-9-14/h2,11-12,14H,1,3-10H2. The van der Waals surface area contributed by atoms with E-state index < -0.39 is 0 Å². The second kappa shape index (κ2) is 7.44. The van der Waals surface area contributed by atoms with Gasteiger partial charge in [-0.05, 0) is 24.7 Å². The third kappa shape index (κ3) is 4.79. The SMILES string of the molecule is C=CC(=O)OCCC1CCC(CCO)CC1. The summed E-state index contributed by atoms with van der Waals surface area (Å²) in [6, 6.07) is 0. The number of hydrogen-bond donors (Lipinski definition) is 1. The molecule has 1 saturated carbocycles. The molecular formula is C13H22O3. The number of esters is 1. The topological polar surface area (TPSA) is 46.5 Å². The minimum atomic E-state index is -0.325. The minimum Gasteiger partial charge on any atom is -0.463 e. The van der Waals surface area contributed by atoms with E-state index in [0.29, 0.717) is 25.0 Å². The summed E-state index contributed by atoms with van der Waals surface area (Å²) < 4.78 is 4.97. The van der Waals surface area contributed by atoms with Crippen LogP contribution in [0.25, 0.3) is 0 Å². The van der Waals surface area contributed by atoms with Gasteiger partial charge < -0.3 is 9.84 Å². The Kier molecular flexibility index (Phi) is 6.16. The lowest BCUT2D eigenvalue weighted by Gasteiger charge is -2.27. The molecule has 0 heterocycles. The van der Waals surface area contributed by atoms with Crippen molar-refractivity contribution in [2.45, 2.75) is 38.5 Å². The van der Waals surface area contributed by atoms with Crippen LogP contribution in [0.3, 0.4) is 0 Å². The maximum absolute atomic E-state index is 10.8. The molecule has 1 fully saturated rings. The van der Waals surface area contributed by atoms with Crippen molar-refractivity contribution in [2.24, 2.45) is 11.8 Å². The van der Waals surface area contributed by atoms with Gasteiger partial charge >= 0.3 is 5.97 Å². The molecule has 0 atom stereocenters. The first-order chi connectivity index (χ1) is 7.76. The Labute approximate surface area is 97.5 Å². The van der Waals surface area contributed by atoms with Gasteiger partial charge in [-0.3, -0.25) is 0 Å². The zero-order valence-corrected chi connectivity index (χ0v) is 9.86. The molecule has 1 rings (SSSR count). The van der Waals surface area contributed by atoms with Gasteiger partial charge in [0.1, 0.15) is 0 Å². The first kappa shape index (κ1) is 13.2. The summed E-state index contributed by atoms with van der Waals surface area (Å²) in [6.07, 6.45) is 7.94. The van der Waals surface area contributed by atoms with Crippen LogP contribution in [0.2, 0.25) is 0 Å². The summed E-state index contributed by atoms with van der Waals surface area (Å²) in [5, 5.41) is 8.85. The van der Waals surface area contributed by atoms with Crippen LogP contribution in [0.5, 0.6) is 0 Å². The number of rotatable bonds is 6. The number of carbonyl (C=O) groups excluding carboxylic acids is 1. The van der Waals surface area contributed by atoms with E-state index in [1.807, 2.05) is 0 Å². The summed E-state index contributed by atoms with van der Waals surface area (Å²) >= 11 is 0. The smallest absolute Gasteiger partial charge is 0.330 e.